The number of rotatable bonds is 5. The van der Waals surface area contributed by atoms with Crippen molar-refractivity contribution in [3.05, 3.63) is 16.0 Å². The van der Waals surface area contributed by atoms with Crippen LogP contribution in [0.3, 0.4) is 0 Å². The minimum absolute atomic E-state index is 0.251. The second kappa shape index (κ2) is 7.20. The highest BCUT2D eigenvalue weighted by molar-refractivity contribution is 7.17. The topological polar surface area (TPSA) is 105 Å². The number of hydrogen-bond donors (Lipinski definition) is 2. The molecule has 8 nitrogen and oxygen atoms in total. The van der Waals surface area contributed by atoms with Crippen molar-refractivity contribution in [2.75, 3.05) is 18.5 Å². The van der Waals surface area contributed by atoms with E-state index in [0.717, 1.165) is 47.4 Å². The summed E-state index contributed by atoms with van der Waals surface area (Å²) in [6, 6.07) is -0.527. The molecule has 0 bridgehead atoms. The molecule has 28 heavy (non-hydrogen) atoms. The molecule has 4 amide bonds. The zero-order valence-corrected chi connectivity index (χ0v) is 16.6. The predicted octanol–water partition coefficient (Wildman–Crippen LogP) is 2.22. The molecule has 150 valence electrons. The van der Waals surface area contributed by atoms with Gasteiger partial charge in [0.05, 0.1) is 12.2 Å². The molecular formula is C19H23N3O5S. The molecule has 2 N–H and O–H groups in total. The summed E-state index contributed by atoms with van der Waals surface area (Å²) in [5.41, 5.74) is 0.521. The number of esters is 1. The lowest BCUT2D eigenvalue weighted by molar-refractivity contribution is -0.133. The van der Waals surface area contributed by atoms with Crippen LogP contribution in [-0.2, 0) is 27.2 Å². The molecule has 0 radical (unpaired) electrons. The Bertz CT molecular complexity index is 856. The first-order valence-corrected chi connectivity index (χ1v) is 10.5. The summed E-state index contributed by atoms with van der Waals surface area (Å²) in [4.78, 5) is 52.0. The number of hydrogen-bond acceptors (Lipinski definition) is 6. The highest BCUT2D eigenvalue weighted by Gasteiger charge is 2.52. The first-order chi connectivity index (χ1) is 13.4. The van der Waals surface area contributed by atoms with Crippen molar-refractivity contribution in [3.63, 3.8) is 0 Å². The third-order valence-electron chi connectivity index (χ3n) is 5.66. The second-order valence-corrected chi connectivity index (χ2v) is 8.55. The van der Waals surface area contributed by atoms with E-state index in [1.165, 1.54) is 11.3 Å². The van der Waals surface area contributed by atoms with E-state index in [4.69, 9.17) is 4.74 Å². The zero-order valence-electron chi connectivity index (χ0n) is 15.8. The number of aryl methyl sites for hydroxylation is 1. The van der Waals surface area contributed by atoms with E-state index in [0.29, 0.717) is 23.4 Å². The van der Waals surface area contributed by atoms with Crippen LogP contribution in [0.25, 0.3) is 0 Å². The van der Waals surface area contributed by atoms with Crippen LogP contribution in [0.5, 0.6) is 0 Å². The van der Waals surface area contributed by atoms with Gasteiger partial charge >= 0.3 is 12.0 Å². The minimum Gasteiger partial charge on any atom is -0.462 e. The van der Waals surface area contributed by atoms with Crippen LogP contribution < -0.4 is 10.6 Å². The standard InChI is InChI=1S/C19H23N3O5S/c1-2-27-16(24)14-11-6-5-7-12(11)28-15(14)20-13(23)10-22-17(25)19(21-18(22)26)8-3-4-9-19/h2-10H2,1H3,(H,20,23)(H,21,26). The zero-order chi connectivity index (χ0) is 19.9. The van der Waals surface area contributed by atoms with Gasteiger partial charge in [0.15, 0.2) is 0 Å². The van der Waals surface area contributed by atoms with Crippen LogP contribution in [0.4, 0.5) is 9.80 Å². The molecule has 1 aliphatic heterocycles. The first-order valence-electron chi connectivity index (χ1n) is 9.71. The number of nitrogens with one attached hydrogen (secondary N) is 2. The Balaban J connectivity index is 1.50. The third-order valence-corrected chi connectivity index (χ3v) is 6.87. The molecule has 1 aromatic rings. The maximum absolute atomic E-state index is 12.7. The Morgan fingerprint density at radius 1 is 1.21 bits per heavy atom. The van der Waals surface area contributed by atoms with Crippen LogP contribution >= 0.6 is 11.3 Å². The molecule has 9 heteroatoms. The van der Waals surface area contributed by atoms with Crippen molar-refractivity contribution in [1.29, 1.82) is 0 Å². The van der Waals surface area contributed by atoms with Crippen LogP contribution in [0.15, 0.2) is 0 Å². The average Bonchev–Trinajstić information content (AvgIpc) is 3.38. The van der Waals surface area contributed by atoms with Gasteiger partial charge in [-0.3, -0.25) is 14.5 Å². The molecule has 4 rings (SSSR count). The fourth-order valence-electron chi connectivity index (χ4n) is 4.36. The van der Waals surface area contributed by atoms with E-state index in [9.17, 15) is 19.2 Å². The van der Waals surface area contributed by atoms with E-state index < -0.39 is 23.4 Å². The van der Waals surface area contributed by atoms with Crippen molar-refractivity contribution in [2.24, 2.45) is 0 Å². The minimum atomic E-state index is -0.836. The van der Waals surface area contributed by atoms with Gasteiger partial charge in [-0.05, 0) is 44.6 Å². The molecule has 1 aromatic heterocycles. The predicted molar refractivity (Wildman–Crippen MR) is 102 cm³/mol. The lowest BCUT2D eigenvalue weighted by atomic mass is 9.98. The van der Waals surface area contributed by atoms with Gasteiger partial charge in [0, 0.05) is 4.88 Å². The normalized spacial score (nSPS) is 19.8. The highest BCUT2D eigenvalue weighted by atomic mass is 32.1. The van der Waals surface area contributed by atoms with Gasteiger partial charge in [0.1, 0.15) is 17.1 Å². The lowest BCUT2D eigenvalue weighted by Crippen LogP contribution is -2.44. The maximum Gasteiger partial charge on any atom is 0.341 e. The second-order valence-electron chi connectivity index (χ2n) is 7.44. The van der Waals surface area contributed by atoms with Crippen LogP contribution in [0.1, 0.15) is 59.8 Å². The number of imide groups is 1. The monoisotopic (exact) mass is 405 g/mol. The summed E-state index contributed by atoms with van der Waals surface area (Å²) >= 11 is 1.37. The van der Waals surface area contributed by atoms with Crippen molar-refractivity contribution >= 4 is 40.2 Å². The third kappa shape index (κ3) is 3.07. The van der Waals surface area contributed by atoms with Crippen LogP contribution in [0, 0.1) is 0 Å². The highest BCUT2D eigenvalue weighted by Crippen LogP contribution is 2.40. The molecule has 0 atom stereocenters. The first kappa shape index (κ1) is 18.9. The Hall–Kier alpha value is -2.42. The van der Waals surface area contributed by atoms with Gasteiger partial charge in [-0.15, -0.1) is 11.3 Å². The Kier molecular flexibility index (Phi) is 4.86. The van der Waals surface area contributed by atoms with E-state index in [1.54, 1.807) is 6.92 Å². The number of urea groups is 1. The smallest absolute Gasteiger partial charge is 0.341 e. The van der Waals surface area contributed by atoms with E-state index in [2.05, 4.69) is 10.6 Å². The van der Waals surface area contributed by atoms with E-state index in [-0.39, 0.29) is 19.1 Å². The Morgan fingerprint density at radius 3 is 2.68 bits per heavy atom. The number of carbonyl (C=O) groups excluding carboxylic acids is 4. The molecule has 2 heterocycles. The molecule has 2 fully saturated rings. The van der Waals surface area contributed by atoms with Crippen LogP contribution in [-0.4, -0.2) is 47.4 Å². The van der Waals surface area contributed by atoms with Gasteiger partial charge < -0.3 is 15.4 Å². The maximum atomic E-state index is 12.7. The number of fused-ring (bicyclic) bond motifs is 1. The van der Waals surface area contributed by atoms with Crippen molar-refractivity contribution in [2.45, 2.75) is 57.4 Å². The molecule has 3 aliphatic rings. The number of ether oxygens (including phenoxy) is 1. The Labute approximate surface area is 166 Å². The quantitative estimate of drug-likeness (QED) is 0.577. The van der Waals surface area contributed by atoms with E-state index in [1.807, 2.05) is 0 Å². The summed E-state index contributed by atoms with van der Waals surface area (Å²) in [6.07, 6.45) is 5.63. The summed E-state index contributed by atoms with van der Waals surface area (Å²) in [5, 5.41) is 5.93. The van der Waals surface area contributed by atoms with Gasteiger partial charge in [0.2, 0.25) is 5.91 Å². The molecule has 0 aromatic carbocycles. The molecule has 2 aliphatic carbocycles. The SMILES string of the molecule is CCOC(=O)c1c(NC(=O)CN2C(=O)NC3(CCCC3)C2=O)sc2c1CCC2. The summed E-state index contributed by atoms with van der Waals surface area (Å²) in [5.74, 6) is -1.27. The molecule has 1 spiro atoms. The van der Waals surface area contributed by atoms with Crippen molar-refractivity contribution in [1.82, 2.24) is 10.2 Å². The van der Waals surface area contributed by atoms with Crippen molar-refractivity contribution < 1.29 is 23.9 Å². The number of amides is 4. The van der Waals surface area contributed by atoms with Crippen LogP contribution in [0.2, 0.25) is 0 Å². The molecule has 1 saturated carbocycles. The fraction of sp³-hybridized carbons (Fsp3) is 0.579. The summed E-state index contributed by atoms with van der Waals surface area (Å²) in [6.45, 7) is 1.62. The Morgan fingerprint density at radius 2 is 1.96 bits per heavy atom. The molecule has 1 saturated heterocycles. The number of carbonyl (C=O) groups is 4. The largest absolute Gasteiger partial charge is 0.462 e. The van der Waals surface area contributed by atoms with E-state index >= 15 is 0 Å². The van der Waals surface area contributed by atoms with Gasteiger partial charge in [-0.1, -0.05) is 12.8 Å². The number of nitrogens with zero attached hydrogens (tertiary/aromatic N) is 1. The lowest BCUT2D eigenvalue weighted by Gasteiger charge is -2.19. The average molecular weight is 405 g/mol. The molecule has 0 unspecified atom stereocenters. The summed E-state index contributed by atoms with van der Waals surface area (Å²) < 4.78 is 5.15. The number of thiophene rings is 1. The van der Waals surface area contributed by atoms with Gasteiger partial charge in [-0.25, -0.2) is 9.59 Å². The molecular weight excluding hydrogens is 382 g/mol. The fourth-order valence-corrected chi connectivity index (χ4v) is 5.65. The summed E-state index contributed by atoms with van der Waals surface area (Å²) in [7, 11) is 0. The van der Waals surface area contributed by atoms with Gasteiger partial charge in [-0.2, -0.15) is 0 Å². The van der Waals surface area contributed by atoms with Gasteiger partial charge in [0.25, 0.3) is 5.91 Å². The number of anilines is 1. The van der Waals surface area contributed by atoms with Crippen molar-refractivity contribution in [3.8, 4) is 0 Å².